The molecule has 670 valence electrons. The summed E-state index contributed by atoms with van der Waals surface area (Å²) in [5.74, 6) is -1.48. The predicted molar refractivity (Wildman–Crippen MR) is 451 cm³/mol. The van der Waals surface area contributed by atoms with E-state index in [0.717, 1.165) is 74.1 Å². The first-order chi connectivity index (χ1) is 58.8. The molecule has 0 unspecified atom stereocenters. The molecule has 26 nitrogen and oxygen atoms in total. The second-order valence-corrected chi connectivity index (χ2v) is 30.7. The summed E-state index contributed by atoms with van der Waals surface area (Å²) in [6.45, 7) is 9.97. The zero-order valence-corrected chi connectivity index (χ0v) is 72.0. The van der Waals surface area contributed by atoms with Gasteiger partial charge in [-0.1, -0.05) is 61.2 Å². The highest BCUT2D eigenvalue weighted by Gasteiger charge is 2.27. The van der Waals surface area contributed by atoms with E-state index in [4.69, 9.17) is 66.3 Å². The lowest BCUT2D eigenvalue weighted by Gasteiger charge is -2.28. The topological polar surface area (TPSA) is 334 Å². The van der Waals surface area contributed by atoms with Gasteiger partial charge in [-0.2, -0.15) is 0 Å². The quantitative estimate of drug-likeness (QED) is 0.0166. The number of esters is 12. The molecule has 121 heavy (non-hydrogen) atoms. The number of hydrogen-bond acceptors (Lipinski definition) is 26. The summed E-state index contributed by atoms with van der Waals surface area (Å²) >= 11 is 0. The number of allylic oxidation sites excluding steroid dienone is 2. The first kappa shape index (κ1) is 102. The van der Waals surface area contributed by atoms with Crippen molar-refractivity contribution in [1.29, 1.82) is 0 Å². The Bertz CT molecular complexity index is 3610. The average Bonchev–Trinajstić information content (AvgIpc) is 0.872. The third kappa shape index (κ3) is 49.6. The molecule has 0 spiro atoms. The Labute approximate surface area is 715 Å². The molecule has 0 saturated heterocycles. The van der Waals surface area contributed by atoms with E-state index >= 15 is 0 Å². The van der Waals surface area contributed by atoms with Crippen LogP contribution in [-0.2, 0) is 114 Å². The summed E-state index contributed by atoms with van der Waals surface area (Å²) in [5, 5.41) is 0. The van der Waals surface area contributed by atoms with Crippen molar-refractivity contribution in [3.8, 4) is 16.9 Å². The zero-order valence-electron chi connectivity index (χ0n) is 72.0. The SMILES string of the molecule is C=CC(=O)OCCCCCC(=O)OCCCCCC(=O)OCCCCCC(=O)OCCCCCC(=O)OCCCCCC(=O)OCCCCCC(=O)OCCCCCC(=O)OCCCCCC(=O)OCCCCCC(=O)OC1=C(OCCCCCC(=O)OC2CCC(c3ccc(C(=O)Oc4ccc(-c5ccccc5)cc4)cc3)CC2)COC(C)=C1C. The Hall–Kier alpha value is -9.88. The molecule has 0 atom stereocenters. The largest absolute Gasteiger partial charge is 0.490 e. The Morgan fingerprint density at radius 2 is 0.661 bits per heavy atom. The van der Waals surface area contributed by atoms with Crippen LogP contribution in [0.25, 0.3) is 11.1 Å². The minimum atomic E-state index is -0.458. The Kier molecular flexibility index (Phi) is 54.6. The van der Waals surface area contributed by atoms with Crippen LogP contribution in [0.3, 0.4) is 0 Å². The number of unbranched alkanes of at least 4 members (excludes halogenated alkanes) is 20. The number of ether oxygens (including phenoxy) is 14. The molecule has 26 heteroatoms. The van der Waals surface area contributed by atoms with Crippen LogP contribution in [0, 0.1) is 0 Å². The highest BCUT2D eigenvalue weighted by atomic mass is 16.6. The van der Waals surface area contributed by atoms with Gasteiger partial charge in [0, 0.05) is 75.9 Å². The number of hydrogen-bond donors (Lipinski definition) is 0. The lowest BCUT2D eigenvalue weighted by atomic mass is 9.82. The van der Waals surface area contributed by atoms with Crippen LogP contribution in [0.15, 0.2) is 114 Å². The average molecular weight is 1690 g/mol. The van der Waals surface area contributed by atoms with Crippen LogP contribution in [-0.4, -0.2) is 150 Å². The predicted octanol–water partition coefficient (Wildman–Crippen LogP) is 18.9. The van der Waals surface area contributed by atoms with Gasteiger partial charge in [-0.15, -0.1) is 0 Å². The molecule has 3 aromatic rings. The maximum Gasteiger partial charge on any atom is 0.343 e. The van der Waals surface area contributed by atoms with E-state index in [-0.39, 0.29) is 158 Å². The van der Waals surface area contributed by atoms with Crippen LogP contribution in [0.4, 0.5) is 0 Å². The van der Waals surface area contributed by atoms with Gasteiger partial charge in [0.05, 0.1) is 71.6 Å². The first-order valence-electron chi connectivity index (χ1n) is 44.4. The van der Waals surface area contributed by atoms with Gasteiger partial charge >= 0.3 is 71.6 Å². The summed E-state index contributed by atoms with van der Waals surface area (Å²) in [6.07, 6.45) is 26.8. The molecule has 3 aromatic carbocycles. The molecular formula is C95H134O26. The molecule has 0 amide bonds. The lowest BCUT2D eigenvalue weighted by Crippen LogP contribution is -2.23. The summed E-state index contributed by atoms with van der Waals surface area (Å²) in [6, 6.07) is 25.1. The Morgan fingerprint density at radius 3 is 1.02 bits per heavy atom. The minimum absolute atomic E-state index is 0.116. The van der Waals surface area contributed by atoms with Crippen molar-refractivity contribution in [2.24, 2.45) is 0 Å². The van der Waals surface area contributed by atoms with Crippen LogP contribution in [0.1, 0.15) is 318 Å². The first-order valence-corrected chi connectivity index (χ1v) is 44.4. The smallest absolute Gasteiger partial charge is 0.343 e. The fraction of sp³-hybridized carbons (Fsp3) is 0.621. The van der Waals surface area contributed by atoms with Crippen molar-refractivity contribution >= 4 is 71.6 Å². The highest BCUT2D eigenvalue weighted by Crippen LogP contribution is 2.35. The summed E-state index contributed by atoms with van der Waals surface area (Å²) < 4.78 is 76.6. The number of benzene rings is 3. The van der Waals surface area contributed by atoms with E-state index in [1.54, 1.807) is 12.1 Å². The number of rotatable bonds is 68. The summed E-state index contributed by atoms with van der Waals surface area (Å²) in [4.78, 5) is 147. The van der Waals surface area contributed by atoms with Crippen molar-refractivity contribution in [3.05, 3.63) is 125 Å². The van der Waals surface area contributed by atoms with Crippen molar-refractivity contribution < 1.29 is 124 Å². The van der Waals surface area contributed by atoms with Crippen LogP contribution in [0.5, 0.6) is 5.75 Å². The van der Waals surface area contributed by atoms with E-state index in [2.05, 4.69) is 6.58 Å². The lowest BCUT2D eigenvalue weighted by molar-refractivity contribution is -0.151. The molecule has 1 heterocycles. The zero-order chi connectivity index (χ0) is 87.0. The number of carbonyl (C=O) groups excluding carboxylic acids is 12. The van der Waals surface area contributed by atoms with Gasteiger partial charge in [-0.25, -0.2) is 9.59 Å². The van der Waals surface area contributed by atoms with Crippen molar-refractivity contribution in [2.75, 3.05) is 72.7 Å². The molecule has 1 aliphatic carbocycles. The molecule has 1 fully saturated rings. The van der Waals surface area contributed by atoms with Gasteiger partial charge in [0.25, 0.3) is 0 Å². The molecule has 0 radical (unpaired) electrons. The van der Waals surface area contributed by atoms with Gasteiger partial charge in [0.2, 0.25) is 0 Å². The highest BCUT2D eigenvalue weighted by molar-refractivity contribution is 5.91. The maximum atomic E-state index is 13.0. The third-order valence-corrected chi connectivity index (χ3v) is 20.6. The van der Waals surface area contributed by atoms with E-state index in [0.29, 0.717) is 246 Å². The van der Waals surface area contributed by atoms with E-state index < -0.39 is 17.9 Å². The summed E-state index contributed by atoms with van der Waals surface area (Å²) in [7, 11) is 0. The second-order valence-electron chi connectivity index (χ2n) is 30.7. The third-order valence-electron chi connectivity index (χ3n) is 20.6. The van der Waals surface area contributed by atoms with Gasteiger partial charge in [0.1, 0.15) is 24.2 Å². The fourth-order valence-electron chi connectivity index (χ4n) is 13.3. The molecular weight excluding hydrogens is 1560 g/mol. The molecule has 0 bridgehead atoms. The normalized spacial score (nSPS) is 13.6. The van der Waals surface area contributed by atoms with Crippen LogP contribution >= 0.6 is 0 Å². The van der Waals surface area contributed by atoms with Gasteiger partial charge in [-0.05, 0) is 279 Å². The van der Waals surface area contributed by atoms with Crippen molar-refractivity contribution in [3.63, 3.8) is 0 Å². The molecule has 5 rings (SSSR count). The van der Waals surface area contributed by atoms with Crippen molar-refractivity contribution in [2.45, 2.75) is 308 Å². The Morgan fingerprint density at radius 1 is 0.339 bits per heavy atom. The van der Waals surface area contributed by atoms with Crippen molar-refractivity contribution in [1.82, 2.24) is 0 Å². The van der Waals surface area contributed by atoms with Gasteiger partial charge < -0.3 is 66.3 Å². The molecule has 2 aliphatic rings. The summed E-state index contributed by atoms with van der Waals surface area (Å²) in [5.41, 5.74) is 4.45. The van der Waals surface area contributed by atoms with E-state index in [1.807, 2.05) is 80.6 Å². The number of carbonyl (C=O) groups is 12. The molecule has 0 N–H and O–H groups in total. The second kappa shape index (κ2) is 64.9. The van der Waals surface area contributed by atoms with Gasteiger partial charge in [-0.3, -0.25) is 47.9 Å². The maximum absolute atomic E-state index is 13.0. The fourth-order valence-corrected chi connectivity index (χ4v) is 13.3. The van der Waals surface area contributed by atoms with Crippen LogP contribution in [0.2, 0.25) is 0 Å². The molecule has 0 aromatic heterocycles. The van der Waals surface area contributed by atoms with E-state index in [9.17, 15) is 57.5 Å². The minimum Gasteiger partial charge on any atom is -0.490 e. The molecule has 1 saturated carbocycles. The van der Waals surface area contributed by atoms with Crippen LogP contribution < -0.4 is 4.74 Å². The van der Waals surface area contributed by atoms with E-state index in [1.165, 1.54) is 0 Å². The standard InChI is InChI=1S/C95H134O26/c1-4-83(96)109-63-29-6-18-40-84(97)110-64-30-7-19-41-85(98)111-65-31-8-20-42-86(99)112-66-32-9-21-43-87(100)113-67-33-10-22-44-88(101)114-68-34-11-23-45-89(102)115-69-35-12-24-46-90(103)116-70-36-13-25-47-91(104)117-71-37-15-27-49-93(106)121-94-73(2)74(3)118-72-82(94)108-62-28-14-26-48-92(105)119-80-58-54-78(55-59-80)76-50-52-79(53-51-76)95(107)120-81-60-56-77(57-61-81)75-38-16-5-17-39-75/h4-5,16-17,38-39,50-53,56-57,60-61,78,80H,1,6-15,18-37,40-49,54-55,58-59,62-72H2,2-3H3. The van der Waals surface area contributed by atoms with Gasteiger partial charge in [0.15, 0.2) is 11.5 Å². The monoisotopic (exact) mass is 1690 g/mol. The molecule has 1 aliphatic heterocycles. The Balaban J connectivity index is 0.712.